The zero-order chi connectivity index (χ0) is 20.9. The van der Waals surface area contributed by atoms with Gasteiger partial charge in [-0.2, -0.15) is 0 Å². The van der Waals surface area contributed by atoms with Gasteiger partial charge in [0, 0.05) is 29.5 Å². The van der Waals surface area contributed by atoms with Crippen molar-refractivity contribution in [2.45, 2.75) is 13.8 Å². The summed E-state index contributed by atoms with van der Waals surface area (Å²) in [6.07, 6.45) is 0. The molecule has 0 spiro atoms. The van der Waals surface area contributed by atoms with Crippen molar-refractivity contribution >= 4 is 39.7 Å². The van der Waals surface area contributed by atoms with Gasteiger partial charge in [0.2, 0.25) is 0 Å². The van der Waals surface area contributed by atoms with Crippen molar-refractivity contribution in [1.29, 1.82) is 0 Å². The number of fused-ring (bicyclic) bond motifs is 1. The van der Waals surface area contributed by atoms with Gasteiger partial charge in [0.25, 0.3) is 5.91 Å². The van der Waals surface area contributed by atoms with E-state index >= 15 is 0 Å². The summed E-state index contributed by atoms with van der Waals surface area (Å²) in [5.41, 5.74) is 2.26. The Labute approximate surface area is 175 Å². The molecule has 150 valence electrons. The molecule has 1 amide bonds. The quantitative estimate of drug-likeness (QED) is 0.408. The SMILES string of the molecule is CCNc1cc(Nc2ccc(NC(=O)c3cccc4ccccc34)cc2)nc(C)n1. The van der Waals surface area contributed by atoms with Gasteiger partial charge in [-0.1, -0.05) is 36.4 Å². The third kappa shape index (κ3) is 4.38. The van der Waals surface area contributed by atoms with Crippen LogP contribution in [-0.2, 0) is 0 Å². The van der Waals surface area contributed by atoms with Crippen LogP contribution in [0.1, 0.15) is 23.1 Å². The van der Waals surface area contributed by atoms with Gasteiger partial charge in [-0.3, -0.25) is 4.79 Å². The summed E-state index contributed by atoms with van der Waals surface area (Å²) in [4.78, 5) is 21.6. The van der Waals surface area contributed by atoms with E-state index in [2.05, 4.69) is 25.9 Å². The summed E-state index contributed by atoms with van der Waals surface area (Å²) in [6.45, 7) is 4.68. The van der Waals surface area contributed by atoms with Gasteiger partial charge in [-0.25, -0.2) is 9.97 Å². The number of rotatable bonds is 6. The fourth-order valence-electron chi connectivity index (χ4n) is 3.31. The Morgan fingerprint density at radius 2 is 1.57 bits per heavy atom. The molecule has 0 saturated carbocycles. The average molecular weight is 397 g/mol. The van der Waals surface area contributed by atoms with E-state index in [4.69, 9.17) is 0 Å². The molecule has 0 unspecified atom stereocenters. The van der Waals surface area contributed by atoms with E-state index in [1.165, 1.54) is 0 Å². The van der Waals surface area contributed by atoms with Crippen LogP contribution < -0.4 is 16.0 Å². The first kappa shape index (κ1) is 19.4. The minimum Gasteiger partial charge on any atom is -0.370 e. The molecular formula is C24H23N5O. The minimum atomic E-state index is -0.130. The van der Waals surface area contributed by atoms with Crippen LogP contribution in [0.4, 0.5) is 23.0 Å². The van der Waals surface area contributed by atoms with Crippen LogP contribution in [-0.4, -0.2) is 22.4 Å². The summed E-state index contributed by atoms with van der Waals surface area (Å²) >= 11 is 0. The van der Waals surface area contributed by atoms with Gasteiger partial charge in [0.05, 0.1) is 0 Å². The Kier molecular flexibility index (Phi) is 5.57. The van der Waals surface area contributed by atoms with Crippen LogP contribution in [0, 0.1) is 6.92 Å². The van der Waals surface area contributed by atoms with E-state index in [1.807, 2.05) is 86.6 Å². The Morgan fingerprint density at radius 3 is 2.37 bits per heavy atom. The molecule has 6 nitrogen and oxygen atoms in total. The van der Waals surface area contributed by atoms with E-state index in [0.717, 1.165) is 34.5 Å². The number of carbonyl (C=O) groups is 1. The molecule has 3 N–H and O–H groups in total. The van der Waals surface area contributed by atoms with Crippen LogP contribution in [0.5, 0.6) is 0 Å². The number of anilines is 4. The first-order chi connectivity index (χ1) is 14.6. The van der Waals surface area contributed by atoms with Gasteiger partial charge >= 0.3 is 0 Å². The maximum Gasteiger partial charge on any atom is 0.256 e. The van der Waals surface area contributed by atoms with Gasteiger partial charge in [-0.15, -0.1) is 0 Å². The molecule has 3 aromatic carbocycles. The first-order valence-electron chi connectivity index (χ1n) is 9.88. The fourth-order valence-corrected chi connectivity index (χ4v) is 3.31. The van der Waals surface area contributed by atoms with Crippen molar-refractivity contribution in [1.82, 2.24) is 9.97 Å². The standard InChI is InChI=1S/C24H23N5O/c1-3-25-22-15-23(27-16(2)26-22)28-18-11-13-19(14-12-18)29-24(30)21-10-6-8-17-7-4-5-9-20(17)21/h4-15H,3H2,1-2H3,(H,29,30)(H2,25,26,27,28). The summed E-state index contributed by atoms with van der Waals surface area (Å²) < 4.78 is 0. The maximum atomic E-state index is 12.8. The Bertz CT molecular complexity index is 1180. The molecule has 0 atom stereocenters. The number of nitrogens with zero attached hydrogens (tertiary/aromatic N) is 2. The smallest absolute Gasteiger partial charge is 0.256 e. The maximum absolute atomic E-state index is 12.8. The Morgan fingerprint density at radius 1 is 0.867 bits per heavy atom. The number of aryl methyl sites for hydroxylation is 1. The van der Waals surface area contributed by atoms with E-state index in [-0.39, 0.29) is 5.91 Å². The van der Waals surface area contributed by atoms with Crippen molar-refractivity contribution in [3.8, 4) is 0 Å². The highest BCUT2D eigenvalue weighted by Crippen LogP contribution is 2.22. The van der Waals surface area contributed by atoms with E-state index in [9.17, 15) is 4.79 Å². The largest absolute Gasteiger partial charge is 0.370 e. The molecule has 0 fully saturated rings. The molecule has 4 aromatic rings. The Balaban J connectivity index is 1.48. The third-order valence-corrected chi connectivity index (χ3v) is 4.65. The average Bonchev–Trinajstić information content (AvgIpc) is 2.74. The van der Waals surface area contributed by atoms with E-state index in [0.29, 0.717) is 17.2 Å². The van der Waals surface area contributed by atoms with Crippen LogP contribution in [0.15, 0.2) is 72.8 Å². The fraction of sp³-hybridized carbons (Fsp3) is 0.125. The number of benzene rings is 3. The van der Waals surface area contributed by atoms with Gasteiger partial charge in [-0.05, 0) is 55.0 Å². The first-order valence-corrected chi connectivity index (χ1v) is 9.88. The van der Waals surface area contributed by atoms with Crippen molar-refractivity contribution in [2.75, 3.05) is 22.5 Å². The second kappa shape index (κ2) is 8.61. The van der Waals surface area contributed by atoms with Gasteiger partial charge < -0.3 is 16.0 Å². The van der Waals surface area contributed by atoms with Crippen molar-refractivity contribution in [3.05, 3.63) is 84.2 Å². The predicted octanol–water partition coefficient (Wildman–Crippen LogP) is 5.37. The minimum absolute atomic E-state index is 0.130. The highest BCUT2D eigenvalue weighted by atomic mass is 16.1. The molecule has 0 aliphatic carbocycles. The van der Waals surface area contributed by atoms with Crippen molar-refractivity contribution < 1.29 is 4.79 Å². The number of aromatic nitrogens is 2. The number of carbonyl (C=O) groups excluding carboxylic acids is 1. The second-order valence-corrected chi connectivity index (χ2v) is 6.90. The summed E-state index contributed by atoms with van der Waals surface area (Å²) in [6, 6.07) is 23.0. The third-order valence-electron chi connectivity index (χ3n) is 4.65. The normalized spacial score (nSPS) is 10.6. The number of hydrogen-bond donors (Lipinski definition) is 3. The van der Waals surface area contributed by atoms with Crippen LogP contribution in [0.3, 0.4) is 0 Å². The number of amides is 1. The molecule has 0 bridgehead atoms. The highest BCUT2D eigenvalue weighted by molar-refractivity contribution is 6.12. The second-order valence-electron chi connectivity index (χ2n) is 6.90. The molecule has 6 heteroatoms. The lowest BCUT2D eigenvalue weighted by atomic mass is 10.0. The zero-order valence-electron chi connectivity index (χ0n) is 16.9. The predicted molar refractivity (Wildman–Crippen MR) is 123 cm³/mol. The van der Waals surface area contributed by atoms with Crippen LogP contribution in [0.25, 0.3) is 10.8 Å². The molecule has 4 rings (SSSR count). The lowest BCUT2D eigenvalue weighted by molar-refractivity contribution is 0.102. The number of hydrogen-bond acceptors (Lipinski definition) is 5. The van der Waals surface area contributed by atoms with E-state index in [1.54, 1.807) is 0 Å². The summed E-state index contributed by atoms with van der Waals surface area (Å²) in [5.74, 6) is 2.06. The van der Waals surface area contributed by atoms with E-state index < -0.39 is 0 Å². The molecule has 0 saturated heterocycles. The summed E-state index contributed by atoms with van der Waals surface area (Å²) in [7, 11) is 0. The molecule has 1 heterocycles. The molecule has 0 aliphatic heterocycles. The lowest BCUT2D eigenvalue weighted by Gasteiger charge is -2.11. The molecule has 30 heavy (non-hydrogen) atoms. The molecule has 1 aromatic heterocycles. The van der Waals surface area contributed by atoms with Gasteiger partial charge in [0.1, 0.15) is 17.5 Å². The van der Waals surface area contributed by atoms with Crippen LogP contribution >= 0.6 is 0 Å². The van der Waals surface area contributed by atoms with Crippen molar-refractivity contribution in [3.63, 3.8) is 0 Å². The molecular weight excluding hydrogens is 374 g/mol. The topological polar surface area (TPSA) is 78.9 Å². The monoisotopic (exact) mass is 397 g/mol. The molecule has 0 radical (unpaired) electrons. The number of nitrogens with one attached hydrogen (secondary N) is 3. The zero-order valence-corrected chi connectivity index (χ0v) is 16.9. The molecule has 0 aliphatic rings. The van der Waals surface area contributed by atoms with Crippen molar-refractivity contribution in [2.24, 2.45) is 0 Å². The highest BCUT2D eigenvalue weighted by Gasteiger charge is 2.10. The Hall–Kier alpha value is -3.93. The lowest BCUT2D eigenvalue weighted by Crippen LogP contribution is -2.12. The van der Waals surface area contributed by atoms with Gasteiger partial charge in [0.15, 0.2) is 0 Å². The van der Waals surface area contributed by atoms with Crippen LogP contribution in [0.2, 0.25) is 0 Å². The summed E-state index contributed by atoms with van der Waals surface area (Å²) in [5, 5.41) is 11.4.